The average molecular weight is 493 g/mol. The molecule has 0 aliphatic heterocycles. The van der Waals surface area contributed by atoms with E-state index in [1.54, 1.807) is 0 Å². The van der Waals surface area contributed by atoms with Crippen molar-refractivity contribution in [1.29, 1.82) is 0 Å². The van der Waals surface area contributed by atoms with Crippen LogP contribution in [0.25, 0.3) is 0 Å². The van der Waals surface area contributed by atoms with E-state index in [0.29, 0.717) is 0 Å². The Hall–Kier alpha value is -2.34. The predicted octanol–water partition coefficient (Wildman–Crippen LogP) is 4.44. The van der Waals surface area contributed by atoms with E-state index in [1.165, 1.54) is 35.8 Å². The molecule has 5 heteroatoms. The van der Waals surface area contributed by atoms with E-state index >= 15 is 0 Å². The van der Waals surface area contributed by atoms with Crippen LogP contribution in [-0.4, -0.2) is 10.9 Å². The minimum Gasteiger partial charge on any atom is -0.0622 e. The Labute approximate surface area is 186 Å². The molecule has 29 heavy (non-hydrogen) atoms. The first-order valence-electron chi connectivity index (χ1n) is 8.61. The summed E-state index contributed by atoms with van der Waals surface area (Å²) in [6.45, 7) is 7.35. The van der Waals surface area contributed by atoms with Crippen molar-refractivity contribution in [3.8, 4) is 0 Å². The normalized spacial score (nSPS) is 9.76. The van der Waals surface area contributed by atoms with E-state index in [4.69, 9.17) is 9.76 Å². The molecule has 0 bridgehead atoms. The summed E-state index contributed by atoms with van der Waals surface area (Å²) < 4.78 is 7.50. The zero-order valence-corrected chi connectivity index (χ0v) is 18.8. The molecule has 0 spiro atoms. The first-order chi connectivity index (χ1) is 13.6. The molecule has 0 amide bonds. The van der Waals surface area contributed by atoms with Gasteiger partial charge in [0.1, 0.15) is 0 Å². The monoisotopic (exact) mass is 493 g/mol. The summed E-state index contributed by atoms with van der Waals surface area (Å²) in [6.07, 6.45) is 1.17. The Kier molecular flexibility index (Phi) is 14.3. The largest absolute Gasteiger partial charge is 0.0622 e. The van der Waals surface area contributed by atoms with Crippen molar-refractivity contribution >= 4 is 29.6 Å². The zero-order valence-electron chi connectivity index (χ0n) is 16.3. The summed E-state index contributed by atoms with van der Waals surface area (Å²) in [5.41, 5.74) is 0. The van der Waals surface area contributed by atoms with Crippen LogP contribution in [0.15, 0.2) is 103 Å². The summed E-state index contributed by atoms with van der Waals surface area (Å²) in [4.78, 5) is 10.0. The zero-order chi connectivity index (χ0) is 20.8. The van der Waals surface area contributed by atoms with Gasteiger partial charge in [0.25, 0.3) is 0 Å². The van der Waals surface area contributed by atoms with Crippen molar-refractivity contribution in [2.45, 2.75) is 13.8 Å². The minimum atomic E-state index is -0.446. The van der Waals surface area contributed by atoms with Crippen LogP contribution in [0.3, 0.4) is 0 Å². The number of carbonyl (C=O) groups is 1. The quantitative estimate of drug-likeness (QED) is 0.146. The molecular formula is C24H23O3PRh. The van der Waals surface area contributed by atoms with Crippen LogP contribution in [-0.2, 0) is 28.9 Å². The Morgan fingerprint density at radius 1 is 0.759 bits per heavy atom. The van der Waals surface area contributed by atoms with Crippen molar-refractivity contribution in [2.24, 2.45) is 0 Å². The summed E-state index contributed by atoms with van der Waals surface area (Å²) >= 11 is 0. The number of allylic oxidation sites excluding steroid dienone is 2. The second-order valence-corrected chi connectivity index (χ2v) is 7.96. The number of rotatable bonds is 4. The molecule has 0 fully saturated rings. The number of benzene rings is 3. The van der Waals surface area contributed by atoms with E-state index in [1.807, 2.05) is 0 Å². The Morgan fingerprint density at radius 2 is 1.03 bits per heavy atom. The van der Waals surface area contributed by atoms with Gasteiger partial charge in [0, 0.05) is 25.6 Å². The molecule has 0 aliphatic carbocycles. The maximum atomic E-state index is 10.0. The van der Waals surface area contributed by atoms with Gasteiger partial charge in [-0.05, 0) is 37.7 Å². The fourth-order valence-corrected chi connectivity index (χ4v) is 4.78. The molecule has 3 nitrogen and oxygen atoms in total. The molecular weight excluding hydrogens is 470 g/mol. The molecule has 1 N–H and O–H groups in total. The van der Waals surface area contributed by atoms with Crippen LogP contribution in [0.2, 0.25) is 0 Å². The van der Waals surface area contributed by atoms with Gasteiger partial charge in [-0.1, -0.05) is 91.0 Å². The Balaban J connectivity index is 0.000000675. The minimum absolute atomic E-state index is 0. The average Bonchev–Trinajstić information content (AvgIpc) is 2.72. The van der Waals surface area contributed by atoms with Crippen LogP contribution in [0, 0.1) is 6.65 Å². The molecule has 1 radical (unpaired) electrons. The maximum absolute atomic E-state index is 10.0. The molecule has 0 atom stereocenters. The third-order valence-electron chi connectivity index (χ3n) is 3.46. The van der Waals surface area contributed by atoms with E-state index in [0.717, 1.165) is 0 Å². The summed E-state index contributed by atoms with van der Waals surface area (Å²) in [7, 11) is -0.446. The number of aliphatic hydroxyl groups excluding tert-OH is 1. The molecule has 0 saturated heterocycles. The van der Waals surface area contributed by atoms with E-state index in [2.05, 4.69) is 97.6 Å². The molecule has 151 valence electrons. The molecule has 3 aromatic carbocycles. The first kappa shape index (κ1) is 26.7. The summed E-state index contributed by atoms with van der Waals surface area (Å²) in [5.74, 6) is -0.0625. The number of aliphatic hydroxyl groups is 1. The SMILES string of the molecule is CC(=O)/C=C(/C)O.[C-]#[O+].[Rh].c1ccc(P(c2ccccc2)c2ccccc2)cc1. The van der Waals surface area contributed by atoms with Crippen LogP contribution >= 0.6 is 7.92 Å². The van der Waals surface area contributed by atoms with Gasteiger partial charge in [-0.15, -0.1) is 0 Å². The molecule has 3 aromatic rings. The molecule has 0 aromatic heterocycles. The van der Waals surface area contributed by atoms with E-state index < -0.39 is 7.92 Å². The maximum Gasteiger partial charge on any atom is 0 e. The Morgan fingerprint density at radius 3 is 1.21 bits per heavy atom. The van der Waals surface area contributed by atoms with Crippen molar-refractivity contribution in [3.05, 3.63) is 109 Å². The molecule has 0 saturated carbocycles. The topological polar surface area (TPSA) is 57.2 Å². The number of hydrogen-bond acceptors (Lipinski definition) is 2. The van der Waals surface area contributed by atoms with Gasteiger partial charge in [-0.2, -0.15) is 0 Å². The smallest absolute Gasteiger partial charge is 0 e. The van der Waals surface area contributed by atoms with Crippen LogP contribution in [0.1, 0.15) is 13.8 Å². The second-order valence-electron chi connectivity index (χ2n) is 5.74. The van der Waals surface area contributed by atoms with E-state index in [9.17, 15) is 4.79 Å². The van der Waals surface area contributed by atoms with Gasteiger partial charge < -0.3 is 5.11 Å². The first-order valence-corrected chi connectivity index (χ1v) is 9.95. The fourth-order valence-electron chi connectivity index (χ4n) is 2.47. The van der Waals surface area contributed by atoms with Crippen molar-refractivity contribution in [2.75, 3.05) is 0 Å². The third-order valence-corrected chi connectivity index (χ3v) is 5.90. The second kappa shape index (κ2) is 15.6. The summed E-state index contributed by atoms with van der Waals surface area (Å²) in [5, 5.41) is 12.6. The van der Waals surface area contributed by atoms with Crippen molar-refractivity contribution in [3.63, 3.8) is 0 Å². The fraction of sp³-hybridized carbons (Fsp3) is 0.0833. The van der Waals surface area contributed by atoms with Crippen LogP contribution in [0.5, 0.6) is 0 Å². The molecule has 3 rings (SSSR count). The third kappa shape index (κ3) is 10.1. The standard InChI is InChI=1S/C18H15P.C5H8O2.CO.Rh/c1-4-10-16(11-5-1)19(17-12-6-2-7-13-17)18-14-8-3-9-15-18;1-4(6)3-5(2)7;1-2;/h1-15H;3,6H,1-2H3;;/b;4-3-;;. The van der Waals surface area contributed by atoms with Crippen molar-refractivity contribution < 1.29 is 34.0 Å². The Bertz CT molecular complexity index is 781. The number of ketones is 1. The van der Waals surface area contributed by atoms with Gasteiger partial charge in [0.2, 0.25) is 0 Å². The van der Waals surface area contributed by atoms with Gasteiger partial charge in [-0.3, -0.25) is 4.79 Å². The van der Waals surface area contributed by atoms with Crippen LogP contribution in [0.4, 0.5) is 0 Å². The molecule has 0 aliphatic rings. The van der Waals surface area contributed by atoms with E-state index in [-0.39, 0.29) is 31.0 Å². The van der Waals surface area contributed by atoms with Gasteiger partial charge in [0.15, 0.2) is 5.78 Å². The van der Waals surface area contributed by atoms with Crippen molar-refractivity contribution in [1.82, 2.24) is 0 Å². The number of hydrogen-bond donors (Lipinski definition) is 1. The van der Waals surface area contributed by atoms with Gasteiger partial charge in [-0.25, -0.2) is 0 Å². The summed E-state index contributed by atoms with van der Waals surface area (Å²) in [6, 6.07) is 32.3. The van der Waals surface area contributed by atoms with Gasteiger partial charge in [0.05, 0.1) is 5.76 Å². The van der Waals surface area contributed by atoms with Crippen LogP contribution < -0.4 is 15.9 Å². The molecule has 0 unspecified atom stereocenters. The predicted molar refractivity (Wildman–Crippen MR) is 116 cm³/mol. The van der Waals surface area contributed by atoms with Gasteiger partial charge >= 0.3 is 11.3 Å². The molecule has 0 heterocycles. The number of carbonyl (C=O) groups excluding carboxylic acids is 1.